The lowest BCUT2D eigenvalue weighted by Crippen LogP contribution is -2.40. The van der Waals surface area contributed by atoms with E-state index in [1.54, 1.807) is 13.1 Å². The number of rotatable bonds is 4. The van der Waals surface area contributed by atoms with E-state index in [0.29, 0.717) is 12.5 Å². The summed E-state index contributed by atoms with van der Waals surface area (Å²) in [5, 5.41) is 6.38. The normalized spacial score (nSPS) is 19.1. The van der Waals surface area contributed by atoms with Gasteiger partial charge in [0.1, 0.15) is 5.82 Å². The van der Waals surface area contributed by atoms with Gasteiger partial charge in [-0.2, -0.15) is 0 Å². The number of hydrogen-bond donors (Lipinski definition) is 2. The molecule has 1 unspecified atom stereocenters. The molecule has 6 heteroatoms. The number of benzene rings is 1. The van der Waals surface area contributed by atoms with E-state index in [1.807, 2.05) is 0 Å². The SMILES string of the molecule is CN=C(NCc1cc(F)ccc1Br)NCC1CCCO1. The maximum Gasteiger partial charge on any atom is 0.191 e. The van der Waals surface area contributed by atoms with Crippen LogP contribution in [0.5, 0.6) is 0 Å². The third kappa shape index (κ3) is 4.45. The summed E-state index contributed by atoms with van der Waals surface area (Å²) in [6.07, 6.45) is 2.46. The number of hydrogen-bond acceptors (Lipinski definition) is 2. The van der Waals surface area contributed by atoms with Crippen molar-refractivity contribution in [3.63, 3.8) is 0 Å². The van der Waals surface area contributed by atoms with E-state index in [1.165, 1.54) is 12.1 Å². The van der Waals surface area contributed by atoms with Gasteiger partial charge >= 0.3 is 0 Å². The van der Waals surface area contributed by atoms with Gasteiger partial charge < -0.3 is 15.4 Å². The molecule has 1 aromatic carbocycles. The Balaban J connectivity index is 1.82. The minimum Gasteiger partial charge on any atom is -0.376 e. The van der Waals surface area contributed by atoms with Gasteiger partial charge in [-0.3, -0.25) is 4.99 Å². The van der Waals surface area contributed by atoms with Crippen LogP contribution in [0, 0.1) is 5.82 Å². The monoisotopic (exact) mass is 343 g/mol. The maximum atomic E-state index is 13.2. The minimum atomic E-state index is -0.243. The van der Waals surface area contributed by atoms with Crippen LogP contribution in [0.3, 0.4) is 0 Å². The van der Waals surface area contributed by atoms with Gasteiger partial charge in [0.15, 0.2) is 5.96 Å². The molecule has 1 aromatic rings. The Kier molecular flexibility index (Phi) is 5.79. The van der Waals surface area contributed by atoms with Crippen LogP contribution < -0.4 is 10.6 Å². The molecule has 1 aliphatic rings. The Labute approximate surface area is 126 Å². The molecule has 1 saturated heterocycles. The first-order valence-corrected chi connectivity index (χ1v) is 7.48. The number of ether oxygens (including phenoxy) is 1. The van der Waals surface area contributed by atoms with Gasteiger partial charge in [0.25, 0.3) is 0 Å². The summed E-state index contributed by atoms with van der Waals surface area (Å²) in [5.41, 5.74) is 0.852. The molecule has 4 nitrogen and oxygen atoms in total. The highest BCUT2D eigenvalue weighted by Crippen LogP contribution is 2.17. The molecule has 0 spiro atoms. The Hall–Kier alpha value is -1.14. The Morgan fingerprint density at radius 3 is 3.05 bits per heavy atom. The maximum absolute atomic E-state index is 13.2. The zero-order valence-electron chi connectivity index (χ0n) is 11.5. The van der Waals surface area contributed by atoms with Crippen LogP contribution in [0.4, 0.5) is 4.39 Å². The largest absolute Gasteiger partial charge is 0.376 e. The average molecular weight is 344 g/mol. The van der Waals surface area contributed by atoms with Crippen molar-refractivity contribution < 1.29 is 9.13 Å². The zero-order chi connectivity index (χ0) is 14.4. The molecule has 0 aromatic heterocycles. The lowest BCUT2D eigenvalue weighted by atomic mass is 10.2. The van der Waals surface area contributed by atoms with Crippen molar-refractivity contribution in [3.8, 4) is 0 Å². The number of halogens is 2. The van der Waals surface area contributed by atoms with Gasteiger partial charge in [-0.05, 0) is 36.6 Å². The predicted octanol–water partition coefficient (Wildman–Crippen LogP) is 2.43. The zero-order valence-corrected chi connectivity index (χ0v) is 13.0. The fraction of sp³-hybridized carbons (Fsp3) is 0.500. The van der Waals surface area contributed by atoms with Crippen LogP contribution >= 0.6 is 15.9 Å². The molecule has 0 saturated carbocycles. The molecule has 0 bridgehead atoms. The van der Waals surface area contributed by atoms with Crippen LogP contribution in [0.25, 0.3) is 0 Å². The molecule has 2 N–H and O–H groups in total. The molecular formula is C14H19BrFN3O. The van der Waals surface area contributed by atoms with Crippen molar-refractivity contribution in [1.82, 2.24) is 10.6 Å². The summed E-state index contributed by atoms with van der Waals surface area (Å²) < 4.78 is 19.6. The lowest BCUT2D eigenvalue weighted by molar-refractivity contribution is 0.114. The lowest BCUT2D eigenvalue weighted by Gasteiger charge is -2.15. The summed E-state index contributed by atoms with van der Waals surface area (Å²) in [5.74, 6) is 0.448. The molecule has 0 radical (unpaired) electrons. The quantitative estimate of drug-likeness (QED) is 0.652. The fourth-order valence-electron chi connectivity index (χ4n) is 2.09. The van der Waals surface area contributed by atoms with Gasteiger partial charge in [0.05, 0.1) is 6.10 Å². The van der Waals surface area contributed by atoms with Gasteiger partial charge in [0.2, 0.25) is 0 Å². The summed E-state index contributed by atoms with van der Waals surface area (Å²) in [4.78, 5) is 4.15. The topological polar surface area (TPSA) is 45.7 Å². The van der Waals surface area contributed by atoms with Crippen LogP contribution in [0.2, 0.25) is 0 Å². The standard InChI is InChI=1S/C14H19BrFN3O/c1-17-14(19-9-12-3-2-6-20-12)18-8-10-7-11(16)4-5-13(10)15/h4-5,7,12H,2-3,6,8-9H2,1H3,(H2,17,18,19). The van der Waals surface area contributed by atoms with E-state index >= 15 is 0 Å². The van der Waals surface area contributed by atoms with Crippen LogP contribution in [0.1, 0.15) is 18.4 Å². The third-order valence-electron chi connectivity index (χ3n) is 3.20. The molecule has 1 fully saturated rings. The van der Waals surface area contributed by atoms with Gasteiger partial charge in [0, 0.05) is 31.2 Å². The van der Waals surface area contributed by atoms with E-state index < -0.39 is 0 Å². The molecule has 0 amide bonds. The highest BCUT2D eigenvalue weighted by Gasteiger charge is 2.15. The minimum absolute atomic E-state index is 0.243. The first kappa shape index (κ1) is 15.3. The van der Waals surface area contributed by atoms with E-state index in [2.05, 4.69) is 31.6 Å². The number of guanidine groups is 1. The average Bonchev–Trinajstić information content (AvgIpc) is 2.96. The summed E-state index contributed by atoms with van der Waals surface area (Å²) in [6.45, 7) is 2.09. The van der Waals surface area contributed by atoms with Crippen molar-refractivity contribution in [2.45, 2.75) is 25.5 Å². The van der Waals surface area contributed by atoms with Crippen molar-refractivity contribution >= 4 is 21.9 Å². The second kappa shape index (κ2) is 7.59. The van der Waals surface area contributed by atoms with Crippen molar-refractivity contribution in [2.24, 2.45) is 4.99 Å². The first-order chi connectivity index (χ1) is 9.69. The van der Waals surface area contributed by atoms with E-state index in [-0.39, 0.29) is 11.9 Å². The number of nitrogens with zero attached hydrogens (tertiary/aromatic N) is 1. The second-order valence-electron chi connectivity index (χ2n) is 4.68. The Morgan fingerprint density at radius 1 is 1.50 bits per heavy atom. The molecular weight excluding hydrogens is 325 g/mol. The van der Waals surface area contributed by atoms with Gasteiger partial charge in [-0.1, -0.05) is 15.9 Å². The van der Waals surface area contributed by atoms with Crippen molar-refractivity contribution in [2.75, 3.05) is 20.2 Å². The molecule has 110 valence electrons. The molecule has 20 heavy (non-hydrogen) atoms. The highest BCUT2D eigenvalue weighted by molar-refractivity contribution is 9.10. The van der Waals surface area contributed by atoms with Crippen molar-refractivity contribution in [1.29, 1.82) is 0 Å². The predicted molar refractivity (Wildman–Crippen MR) is 81.3 cm³/mol. The summed E-state index contributed by atoms with van der Waals surface area (Å²) in [6, 6.07) is 4.64. The van der Waals surface area contributed by atoms with E-state index in [4.69, 9.17) is 4.74 Å². The number of aliphatic imine (C=N–C) groups is 1. The van der Waals surface area contributed by atoms with E-state index in [0.717, 1.165) is 36.0 Å². The fourth-order valence-corrected chi connectivity index (χ4v) is 2.48. The Morgan fingerprint density at radius 2 is 2.35 bits per heavy atom. The van der Waals surface area contributed by atoms with Crippen LogP contribution in [0.15, 0.2) is 27.7 Å². The molecule has 1 aliphatic heterocycles. The smallest absolute Gasteiger partial charge is 0.191 e. The summed E-state index contributed by atoms with van der Waals surface area (Å²) >= 11 is 3.41. The van der Waals surface area contributed by atoms with Crippen LogP contribution in [-0.2, 0) is 11.3 Å². The van der Waals surface area contributed by atoms with Gasteiger partial charge in [-0.25, -0.2) is 4.39 Å². The summed E-state index contributed by atoms with van der Waals surface area (Å²) in [7, 11) is 1.71. The Bertz CT molecular complexity index is 475. The van der Waals surface area contributed by atoms with Crippen LogP contribution in [-0.4, -0.2) is 32.3 Å². The molecule has 1 heterocycles. The number of nitrogens with one attached hydrogen (secondary N) is 2. The molecule has 1 atom stereocenters. The van der Waals surface area contributed by atoms with E-state index in [9.17, 15) is 4.39 Å². The second-order valence-corrected chi connectivity index (χ2v) is 5.53. The molecule has 2 rings (SSSR count). The first-order valence-electron chi connectivity index (χ1n) is 6.69. The third-order valence-corrected chi connectivity index (χ3v) is 3.97. The highest BCUT2D eigenvalue weighted by atomic mass is 79.9. The van der Waals surface area contributed by atoms with Crippen molar-refractivity contribution in [3.05, 3.63) is 34.1 Å². The molecule has 0 aliphatic carbocycles. The van der Waals surface area contributed by atoms with Gasteiger partial charge in [-0.15, -0.1) is 0 Å².